The third kappa shape index (κ3) is 5.66. The molecule has 12 heteroatoms. The molecule has 7 N–H and O–H groups in total. The second kappa shape index (κ2) is 12.4. The van der Waals surface area contributed by atoms with Gasteiger partial charge in [-0.15, -0.1) is 10.2 Å². The molecule has 0 aliphatic carbocycles. The van der Waals surface area contributed by atoms with Crippen molar-refractivity contribution in [1.29, 1.82) is 10.8 Å². The molecule has 0 amide bonds. The number of nitrogens with one attached hydrogen (secondary N) is 2. The minimum Gasteiger partial charge on any atom is -0.496 e. The summed E-state index contributed by atoms with van der Waals surface area (Å²) in [5.41, 5.74) is 17.2. The average molecular weight is 572 g/mol. The van der Waals surface area contributed by atoms with Crippen LogP contribution in [-0.2, 0) is 6.54 Å². The number of guanidine groups is 2. The lowest BCUT2D eigenvalue weighted by molar-refractivity contribution is 0.277. The fraction of sp³-hybridized carbons (Fsp3) is 0.333. The Hall–Kier alpha value is -4.84. The Morgan fingerprint density at radius 3 is 1.60 bits per heavy atom. The number of nitrogens with zero attached hydrogens (tertiary/aromatic N) is 5. The van der Waals surface area contributed by atoms with Crippen LogP contribution in [0.15, 0.2) is 48.6 Å². The van der Waals surface area contributed by atoms with Gasteiger partial charge in [-0.25, -0.2) is 0 Å². The number of methoxy groups -OCH3 is 2. The quantitative estimate of drug-likeness (QED) is 0.201. The van der Waals surface area contributed by atoms with Crippen molar-refractivity contribution in [2.75, 3.05) is 47.0 Å². The zero-order valence-corrected chi connectivity index (χ0v) is 23.9. The van der Waals surface area contributed by atoms with E-state index >= 15 is 0 Å². The van der Waals surface area contributed by atoms with Gasteiger partial charge in [-0.05, 0) is 59.4 Å². The van der Waals surface area contributed by atoms with Crippen molar-refractivity contribution in [2.45, 2.75) is 19.4 Å². The van der Waals surface area contributed by atoms with Crippen LogP contribution >= 0.6 is 0 Å². The molecule has 0 saturated carbocycles. The van der Waals surface area contributed by atoms with Crippen molar-refractivity contribution in [2.24, 2.45) is 11.5 Å². The third-order valence-corrected chi connectivity index (χ3v) is 7.80. The molecule has 5 rings (SSSR count). The number of benzene rings is 2. The van der Waals surface area contributed by atoms with Crippen LogP contribution in [0.4, 0.5) is 0 Å². The number of aliphatic hydroxyl groups excluding tert-OH is 1. The smallest absolute Gasteiger partial charge is 0.188 e. The summed E-state index contributed by atoms with van der Waals surface area (Å²) >= 11 is 0. The monoisotopic (exact) mass is 571 g/mol. The number of ether oxygens (including phenoxy) is 2. The molecule has 0 unspecified atom stereocenters. The van der Waals surface area contributed by atoms with Crippen LogP contribution in [0.1, 0.15) is 24.0 Å². The molecule has 2 aromatic carbocycles. The Labute approximate surface area is 244 Å². The molecule has 0 fully saturated rings. The lowest BCUT2D eigenvalue weighted by Gasteiger charge is -2.27. The predicted octanol–water partition coefficient (Wildman–Crippen LogP) is 2.59. The summed E-state index contributed by atoms with van der Waals surface area (Å²) in [5, 5.41) is 34.4. The van der Waals surface area contributed by atoms with Crippen LogP contribution in [0.5, 0.6) is 11.5 Å². The van der Waals surface area contributed by atoms with Gasteiger partial charge in [0.1, 0.15) is 11.5 Å². The van der Waals surface area contributed by atoms with E-state index in [-0.39, 0.29) is 25.1 Å². The molecular weight excluding hydrogens is 534 g/mol. The van der Waals surface area contributed by atoms with Crippen LogP contribution in [0.2, 0.25) is 0 Å². The molecule has 1 aromatic heterocycles. The molecule has 2 aliphatic rings. The maximum absolute atomic E-state index is 9.97. The molecule has 0 atom stereocenters. The van der Waals surface area contributed by atoms with E-state index in [2.05, 4.69) is 22.3 Å². The third-order valence-electron chi connectivity index (χ3n) is 7.80. The largest absolute Gasteiger partial charge is 0.496 e. The van der Waals surface area contributed by atoms with E-state index in [9.17, 15) is 5.11 Å². The highest BCUT2D eigenvalue weighted by Gasteiger charge is 2.23. The highest BCUT2D eigenvalue weighted by molar-refractivity contribution is 5.80. The first-order chi connectivity index (χ1) is 20.3. The van der Waals surface area contributed by atoms with Crippen LogP contribution in [0, 0.1) is 10.8 Å². The van der Waals surface area contributed by atoms with Gasteiger partial charge in [-0.1, -0.05) is 24.3 Å². The highest BCUT2D eigenvalue weighted by Crippen LogP contribution is 2.38. The molecule has 220 valence electrons. The molecule has 3 heterocycles. The van der Waals surface area contributed by atoms with Gasteiger partial charge in [0, 0.05) is 32.7 Å². The van der Waals surface area contributed by atoms with Crippen molar-refractivity contribution in [3.63, 3.8) is 0 Å². The van der Waals surface area contributed by atoms with E-state index in [0.717, 1.165) is 35.1 Å². The Bertz CT molecular complexity index is 1450. The van der Waals surface area contributed by atoms with Crippen LogP contribution in [-0.4, -0.2) is 88.6 Å². The standard InChI is InChI=1S/C30H37N9O3/c1-41-25-17-21(19-7-11-37(12-8-19)29(31)32)3-5-23(25)27-35-36-28(39(27)15-16-40)24-6-4-22(18-26(24)42-2)20-9-13-38(14-10-20)30(33)34/h3-7,9,17-18,40H,8,10-16H2,1-2H3,(H3,31,32)(H3,33,34). The van der Waals surface area contributed by atoms with Crippen molar-refractivity contribution in [1.82, 2.24) is 24.6 Å². The Balaban J connectivity index is 1.48. The van der Waals surface area contributed by atoms with Crippen molar-refractivity contribution >= 4 is 23.1 Å². The second-order valence-corrected chi connectivity index (χ2v) is 10.2. The average Bonchev–Trinajstić information content (AvgIpc) is 3.43. The Morgan fingerprint density at radius 2 is 1.26 bits per heavy atom. The molecule has 2 aliphatic heterocycles. The molecule has 12 nitrogen and oxygen atoms in total. The van der Waals surface area contributed by atoms with Crippen molar-refractivity contribution < 1.29 is 14.6 Å². The Morgan fingerprint density at radius 1 is 0.810 bits per heavy atom. The molecule has 0 saturated heterocycles. The summed E-state index contributed by atoms with van der Waals surface area (Å²) in [6.07, 6.45) is 5.72. The van der Waals surface area contributed by atoms with E-state index in [1.165, 1.54) is 11.1 Å². The maximum atomic E-state index is 9.97. The molecule has 0 bridgehead atoms. The van der Waals surface area contributed by atoms with Crippen LogP contribution in [0.3, 0.4) is 0 Å². The molecule has 3 aromatic rings. The molecular formula is C30H37N9O3. The minimum atomic E-state index is -0.0993. The lowest BCUT2D eigenvalue weighted by Crippen LogP contribution is -2.39. The molecule has 42 heavy (non-hydrogen) atoms. The summed E-state index contributed by atoms with van der Waals surface area (Å²) in [7, 11) is 3.25. The molecule has 0 spiro atoms. The van der Waals surface area contributed by atoms with Gasteiger partial charge < -0.3 is 40.4 Å². The van der Waals surface area contributed by atoms with Gasteiger partial charge in [0.25, 0.3) is 0 Å². The zero-order valence-electron chi connectivity index (χ0n) is 23.9. The number of hydrogen-bond donors (Lipinski definition) is 5. The van der Waals surface area contributed by atoms with E-state index < -0.39 is 0 Å². The fourth-order valence-corrected chi connectivity index (χ4v) is 5.46. The van der Waals surface area contributed by atoms with E-state index in [1.807, 2.05) is 50.8 Å². The van der Waals surface area contributed by atoms with Gasteiger partial charge in [0.05, 0.1) is 32.0 Å². The first-order valence-electron chi connectivity index (χ1n) is 13.8. The number of nitrogens with two attached hydrogens (primary N) is 2. The first kappa shape index (κ1) is 28.7. The Kier molecular flexibility index (Phi) is 8.43. The highest BCUT2D eigenvalue weighted by atomic mass is 16.5. The zero-order chi connectivity index (χ0) is 29.8. The van der Waals surface area contributed by atoms with Gasteiger partial charge >= 0.3 is 0 Å². The topological polar surface area (TPSA) is 176 Å². The normalized spacial score (nSPS) is 15.2. The van der Waals surface area contributed by atoms with Gasteiger partial charge in [-0.3, -0.25) is 10.8 Å². The summed E-state index contributed by atoms with van der Waals surface area (Å²) < 4.78 is 13.5. The van der Waals surface area contributed by atoms with Gasteiger partial charge in [0.15, 0.2) is 23.6 Å². The number of aliphatic hydroxyl groups is 1. The molecule has 0 radical (unpaired) electrons. The first-order valence-corrected chi connectivity index (χ1v) is 13.8. The predicted molar refractivity (Wildman–Crippen MR) is 163 cm³/mol. The van der Waals surface area contributed by atoms with Crippen LogP contribution < -0.4 is 20.9 Å². The van der Waals surface area contributed by atoms with Gasteiger partial charge in [-0.2, -0.15) is 0 Å². The van der Waals surface area contributed by atoms with Crippen LogP contribution in [0.25, 0.3) is 33.9 Å². The number of rotatable bonds is 8. The summed E-state index contributed by atoms with van der Waals surface area (Å²) in [5.74, 6) is 2.60. The maximum Gasteiger partial charge on any atom is 0.188 e. The fourth-order valence-electron chi connectivity index (χ4n) is 5.46. The van der Waals surface area contributed by atoms with Crippen molar-refractivity contribution in [3.05, 3.63) is 59.7 Å². The minimum absolute atomic E-state index is 0.0793. The van der Waals surface area contributed by atoms with Crippen molar-refractivity contribution in [3.8, 4) is 34.3 Å². The second-order valence-electron chi connectivity index (χ2n) is 10.2. The number of aromatic nitrogens is 3. The number of hydrogen-bond acceptors (Lipinski definition) is 7. The van der Waals surface area contributed by atoms with Gasteiger partial charge in [0.2, 0.25) is 0 Å². The van der Waals surface area contributed by atoms with E-state index in [4.69, 9.17) is 31.8 Å². The van der Waals surface area contributed by atoms with E-state index in [0.29, 0.717) is 49.3 Å². The summed E-state index contributed by atoms with van der Waals surface area (Å²) in [6.45, 7) is 2.75. The summed E-state index contributed by atoms with van der Waals surface area (Å²) in [6, 6.07) is 12.0. The summed E-state index contributed by atoms with van der Waals surface area (Å²) in [4.78, 5) is 3.64. The SMILES string of the molecule is COc1cc(C2=CCN(C(=N)N)CC2)ccc1-c1nnc(-c2ccc(C3=CCN(C(=N)N)CC3)cc2OC)n1CCO. The van der Waals surface area contributed by atoms with E-state index in [1.54, 1.807) is 14.2 Å². The lowest BCUT2D eigenvalue weighted by atomic mass is 9.97.